The minimum atomic E-state index is 0.0853. The zero-order chi connectivity index (χ0) is 21.2. The van der Waals surface area contributed by atoms with Gasteiger partial charge < -0.3 is 9.84 Å². The smallest absolute Gasteiger partial charge is 0.122 e. The molecule has 1 N–H and O–H groups in total. The molecule has 31 heavy (non-hydrogen) atoms. The molecule has 2 unspecified atom stereocenters. The Morgan fingerprint density at radius 2 is 1.55 bits per heavy atom. The number of methoxy groups -OCH3 is 1. The van der Waals surface area contributed by atoms with Crippen LogP contribution >= 0.6 is 0 Å². The Bertz CT molecular complexity index is 1040. The summed E-state index contributed by atoms with van der Waals surface area (Å²) in [6.45, 7) is 0.0853. The van der Waals surface area contributed by atoms with Crippen molar-refractivity contribution in [2.24, 2.45) is 17.8 Å². The molecule has 2 atom stereocenters. The molecule has 3 aromatic carbocycles. The first kappa shape index (κ1) is 20.6. The Labute approximate surface area is 186 Å². The van der Waals surface area contributed by atoms with Gasteiger partial charge in [-0.3, -0.25) is 0 Å². The number of fused-ring (bicyclic) bond motifs is 3. The lowest BCUT2D eigenvalue weighted by Gasteiger charge is -2.39. The van der Waals surface area contributed by atoms with Crippen molar-refractivity contribution >= 4 is 10.8 Å². The number of rotatable bonds is 6. The van der Waals surface area contributed by atoms with Crippen LogP contribution in [-0.2, 0) is 13.0 Å². The number of hydrogen-bond donors (Lipinski definition) is 1. The highest BCUT2D eigenvalue weighted by molar-refractivity contribution is 5.88. The van der Waals surface area contributed by atoms with Crippen LogP contribution in [0.5, 0.6) is 5.75 Å². The topological polar surface area (TPSA) is 29.5 Å². The second-order valence-corrected chi connectivity index (χ2v) is 9.86. The van der Waals surface area contributed by atoms with Crippen molar-refractivity contribution in [1.29, 1.82) is 0 Å². The van der Waals surface area contributed by atoms with E-state index in [0.29, 0.717) is 0 Å². The largest absolute Gasteiger partial charge is 0.496 e. The molecular weight excluding hydrogens is 380 g/mol. The zero-order valence-electron chi connectivity index (χ0n) is 18.6. The Hall–Kier alpha value is -2.32. The predicted octanol–water partition coefficient (Wildman–Crippen LogP) is 7.16. The number of aryl methyl sites for hydroxylation is 1. The number of aliphatic hydroxyl groups excluding tert-OH is 1. The molecule has 0 spiro atoms. The molecule has 2 nitrogen and oxygen atoms in total. The predicted molar refractivity (Wildman–Crippen MR) is 128 cm³/mol. The van der Waals surface area contributed by atoms with Gasteiger partial charge >= 0.3 is 0 Å². The molecule has 2 aliphatic carbocycles. The molecule has 2 aliphatic rings. The van der Waals surface area contributed by atoms with E-state index in [4.69, 9.17) is 4.74 Å². The lowest BCUT2D eigenvalue weighted by molar-refractivity contribution is 0.132. The van der Waals surface area contributed by atoms with Crippen molar-refractivity contribution in [2.75, 3.05) is 7.11 Å². The fourth-order valence-electron chi connectivity index (χ4n) is 6.19. The first-order chi connectivity index (χ1) is 15.2. The Morgan fingerprint density at radius 1 is 0.839 bits per heavy atom. The van der Waals surface area contributed by atoms with E-state index in [0.717, 1.165) is 35.5 Å². The summed E-state index contributed by atoms with van der Waals surface area (Å²) in [5.74, 6) is 3.90. The maximum atomic E-state index is 9.39. The van der Waals surface area contributed by atoms with Crippen LogP contribution in [0.15, 0.2) is 54.6 Å². The van der Waals surface area contributed by atoms with Crippen LogP contribution < -0.4 is 4.74 Å². The number of aliphatic hydroxyl groups is 1. The van der Waals surface area contributed by atoms with Gasteiger partial charge in [-0.2, -0.15) is 0 Å². The van der Waals surface area contributed by atoms with E-state index >= 15 is 0 Å². The highest BCUT2D eigenvalue weighted by atomic mass is 16.5. The quantitative estimate of drug-likeness (QED) is 0.464. The summed E-state index contributed by atoms with van der Waals surface area (Å²) in [6, 6.07) is 19.4. The summed E-state index contributed by atoms with van der Waals surface area (Å²) in [7, 11) is 1.79. The van der Waals surface area contributed by atoms with Gasteiger partial charge in [-0.15, -0.1) is 0 Å². The van der Waals surface area contributed by atoms with Crippen molar-refractivity contribution in [3.8, 4) is 16.9 Å². The third kappa shape index (κ3) is 4.50. The third-order valence-corrected chi connectivity index (χ3v) is 7.75. The van der Waals surface area contributed by atoms with E-state index in [1.54, 1.807) is 7.11 Å². The van der Waals surface area contributed by atoms with E-state index in [2.05, 4.69) is 48.5 Å². The molecule has 2 fully saturated rings. The third-order valence-electron chi connectivity index (χ3n) is 7.75. The van der Waals surface area contributed by atoms with Crippen LogP contribution in [0.3, 0.4) is 0 Å². The van der Waals surface area contributed by atoms with Gasteiger partial charge in [0, 0.05) is 0 Å². The Kier molecular flexibility index (Phi) is 6.00. The van der Waals surface area contributed by atoms with Gasteiger partial charge in [-0.05, 0) is 107 Å². The van der Waals surface area contributed by atoms with Gasteiger partial charge in [0.05, 0.1) is 13.7 Å². The van der Waals surface area contributed by atoms with Crippen molar-refractivity contribution in [3.63, 3.8) is 0 Å². The maximum absolute atomic E-state index is 9.39. The lowest BCUT2D eigenvalue weighted by Crippen LogP contribution is -2.27. The van der Waals surface area contributed by atoms with Crippen molar-refractivity contribution in [3.05, 3.63) is 65.7 Å². The van der Waals surface area contributed by atoms with Gasteiger partial charge in [0.15, 0.2) is 0 Å². The average molecular weight is 415 g/mol. The van der Waals surface area contributed by atoms with E-state index in [1.807, 2.05) is 6.07 Å². The summed E-state index contributed by atoms with van der Waals surface area (Å²) in [5, 5.41) is 11.8. The standard InChI is InChI=1S/C29H34O2/c1-31-29-12-11-27(26-10-9-24-16-23(19-30)6-7-25(24)17-26)18-28(29)8-5-22-14-20-3-2-4-21(13-20)15-22/h6-7,9-12,16-18,20-22,30H,2-5,8,13-15,19H2,1H3. The normalized spacial score (nSPS) is 23.1. The molecule has 0 radical (unpaired) electrons. The summed E-state index contributed by atoms with van der Waals surface area (Å²) >= 11 is 0. The molecule has 0 aromatic heterocycles. The van der Waals surface area contributed by atoms with Crippen LogP contribution in [-0.4, -0.2) is 12.2 Å². The summed E-state index contributed by atoms with van der Waals surface area (Å²) < 4.78 is 5.72. The number of benzene rings is 3. The van der Waals surface area contributed by atoms with Crippen LogP contribution in [0.4, 0.5) is 0 Å². The molecule has 2 heteroatoms. The van der Waals surface area contributed by atoms with Crippen molar-refractivity contribution in [1.82, 2.24) is 0 Å². The fraction of sp³-hybridized carbons (Fsp3) is 0.448. The monoisotopic (exact) mass is 414 g/mol. The SMILES string of the molecule is COc1ccc(-c2ccc3cc(CO)ccc3c2)cc1CCC1CC2CCCC(C2)C1. The summed E-state index contributed by atoms with van der Waals surface area (Å²) in [6.07, 6.45) is 11.2. The molecule has 5 rings (SSSR count). The minimum absolute atomic E-state index is 0.0853. The van der Waals surface area contributed by atoms with E-state index in [9.17, 15) is 5.11 Å². The first-order valence-electron chi connectivity index (χ1n) is 12.0. The highest BCUT2D eigenvalue weighted by Crippen LogP contribution is 2.44. The summed E-state index contributed by atoms with van der Waals surface area (Å²) in [4.78, 5) is 0. The van der Waals surface area contributed by atoms with Crippen LogP contribution in [0.2, 0.25) is 0 Å². The van der Waals surface area contributed by atoms with Crippen molar-refractivity contribution < 1.29 is 9.84 Å². The summed E-state index contributed by atoms with van der Waals surface area (Å²) in [5.41, 5.74) is 4.79. The van der Waals surface area contributed by atoms with Crippen LogP contribution in [0.1, 0.15) is 56.1 Å². The average Bonchev–Trinajstić information content (AvgIpc) is 2.81. The minimum Gasteiger partial charge on any atom is -0.496 e. The zero-order valence-corrected chi connectivity index (χ0v) is 18.6. The van der Waals surface area contributed by atoms with Crippen molar-refractivity contribution in [2.45, 2.75) is 58.0 Å². The molecule has 0 aliphatic heterocycles. The number of ether oxygens (including phenoxy) is 1. The molecular formula is C29H34O2. The van der Waals surface area contributed by atoms with Crippen LogP contribution in [0.25, 0.3) is 21.9 Å². The second kappa shape index (κ2) is 9.04. The molecule has 162 valence electrons. The molecule has 3 aromatic rings. The fourth-order valence-corrected chi connectivity index (χ4v) is 6.19. The van der Waals surface area contributed by atoms with Gasteiger partial charge in [-0.1, -0.05) is 49.6 Å². The Morgan fingerprint density at radius 3 is 2.32 bits per heavy atom. The van der Waals surface area contributed by atoms with Gasteiger partial charge in [0.25, 0.3) is 0 Å². The number of hydrogen-bond acceptors (Lipinski definition) is 2. The Balaban J connectivity index is 1.36. The molecule has 0 amide bonds. The van der Waals surface area contributed by atoms with Gasteiger partial charge in [0.1, 0.15) is 5.75 Å². The van der Waals surface area contributed by atoms with Crippen LogP contribution in [0, 0.1) is 17.8 Å². The van der Waals surface area contributed by atoms with E-state index in [-0.39, 0.29) is 6.61 Å². The molecule has 0 heterocycles. The first-order valence-corrected chi connectivity index (χ1v) is 12.0. The van der Waals surface area contributed by atoms with E-state index < -0.39 is 0 Å². The molecule has 2 bridgehead atoms. The second-order valence-electron chi connectivity index (χ2n) is 9.86. The molecule has 0 saturated heterocycles. The molecule has 2 saturated carbocycles. The highest BCUT2D eigenvalue weighted by Gasteiger charge is 2.31. The maximum Gasteiger partial charge on any atom is 0.122 e. The van der Waals surface area contributed by atoms with Gasteiger partial charge in [0.2, 0.25) is 0 Å². The lowest BCUT2D eigenvalue weighted by atomic mass is 9.67. The van der Waals surface area contributed by atoms with Gasteiger partial charge in [-0.25, -0.2) is 0 Å². The van der Waals surface area contributed by atoms with E-state index in [1.165, 1.54) is 72.4 Å².